The van der Waals surface area contributed by atoms with Gasteiger partial charge in [-0.2, -0.15) is 0 Å². The smallest absolute Gasteiger partial charge is 0.262 e. The maximum atomic E-state index is 13.6. The fourth-order valence-electron chi connectivity index (χ4n) is 2.34. The summed E-state index contributed by atoms with van der Waals surface area (Å²) in [6.07, 6.45) is 3.88. The number of hydrogen-bond acceptors (Lipinski definition) is 3. The average molecular weight is 399 g/mol. The highest BCUT2D eigenvalue weighted by Gasteiger charge is 2.25. The number of amides is 1. The van der Waals surface area contributed by atoms with E-state index in [0.717, 1.165) is 37.8 Å². The molecule has 0 radical (unpaired) electrons. The van der Waals surface area contributed by atoms with Crippen molar-refractivity contribution in [1.29, 1.82) is 0 Å². The molecule has 2 rings (SSSR count). The highest BCUT2D eigenvalue weighted by atomic mass is 79.9. The molecule has 0 spiro atoms. The van der Waals surface area contributed by atoms with Gasteiger partial charge in [-0.05, 0) is 40.9 Å². The Morgan fingerprint density at radius 3 is 2.29 bits per heavy atom. The zero-order valence-electron chi connectivity index (χ0n) is 11.1. The van der Waals surface area contributed by atoms with Crippen molar-refractivity contribution >= 4 is 41.6 Å². The van der Waals surface area contributed by atoms with E-state index in [2.05, 4.69) is 15.9 Å². The molecular formula is C13H14BrClFNO3S. The molecule has 0 aliphatic carbocycles. The molecule has 1 heterocycles. The van der Waals surface area contributed by atoms with Crippen molar-refractivity contribution in [2.45, 2.75) is 30.6 Å². The minimum Gasteiger partial charge on any atom is -0.339 e. The second-order valence-electron chi connectivity index (χ2n) is 4.91. The number of nitrogens with zero attached hydrogens (tertiary/aromatic N) is 1. The summed E-state index contributed by atoms with van der Waals surface area (Å²) in [4.78, 5) is 13.7. The van der Waals surface area contributed by atoms with Crippen LogP contribution in [0.3, 0.4) is 0 Å². The van der Waals surface area contributed by atoms with Crippen molar-refractivity contribution in [3.05, 3.63) is 28.0 Å². The minimum absolute atomic E-state index is 0.00754. The van der Waals surface area contributed by atoms with Gasteiger partial charge in [0.05, 0.1) is 10.0 Å². The quantitative estimate of drug-likeness (QED) is 0.716. The van der Waals surface area contributed by atoms with Gasteiger partial charge in [0.15, 0.2) is 0 Å². The number of carbonyl (C=O) groups excluding carboxylic acids is 1. The minimum atomic E-state index is -4.14. The Hall–Kier alpha value is -0.660. The third-order valence-electron chi connectivity index (χ3n) is 3.39. The van der Waals surface area contributed by atoms with Crippen LogP contribution in [0.2, 0.25) is 0 Å². The second-order valence-corrected chi connectivity index (χ2v) is 8.24. The van der Waals surface area contributed by atoms with E-state index in [1.807, 2.05) is 0 Å². The van der Waals surface area contributed by atoms with Gasteiger partial charge in [-0.1, -0.05) is 12.8 Å². The Kier molecular flexibility index (Phi) is 5.27. The second kappa shape index (κ2) is 6.62. The SMILES string of the molecule is O=C(c1cc(F)cc(S(=O)(=O)Cl)c1Br)N1CCCCCC1. The Labute approximate surface area is 135 Å². The van der Waals surface area contributed by atoms with Crippen LogP contribution in [0.25, 0.3) is 0 Å². The fourth-order valence-corrected chi connectivity index (χ4v) is 4.60. The zero-order chi connectivity index (χ0) is 15.6. The number of halogens is 3. The van der Waals surface area contributed by atoms with Gasteiger partial charge in [0.25, 0.3) is 15.0 Å². The Morgan fingerprint density at radius 2 is 1.76 bits per heavy atom. The van der Waals surface area contributed by atoms with E-state index in [1.54, 1.807) is 4.90 Å². The third kappa shape index (κ3) is 3.96. The van der Waals surface area contributed by atoms with Crippen LogP contribution in [0.1, 0.15) is 36.0 Å². The van der Waals surface area contributed by atoms with Crippen LogP contribution in [-0.2, 0) is 9.05 Å². The molecule has 1 aliphatic rings. The van der Waals surface area contributed by atoms with Crippen LogP contribution in [-0.4, -0.2) is 32.3 Å². The molecule has 1 amide bonds. The number of hydrogen-bond donors (Lipinski definition) is 0. The predicted molar refractivity (Wildman–Crippen MR) is 81.5 cm³/mol. The van der Waals surface area contributed by atoms with Crippen LogP contribution >= 0.6 is 26.6 Å². The highest BCUT2D eigenvalue weighted by molar-refractivity contribution is 9.10. The van der Waals surface area contributed by atoms with Gasteiger partial charge in [0.2, 0.25) is 0 Å². The molecular weight excluding hydrogens is 385 g/mol. The first-order chi connectivity index (χ1) is 9.80. The monoisotopic (exact) mass is 397 g/mol. The third-order valence-corrected chi connectivity index (χ3v) is 5.85. The van der Waals surface area contributed by atoms with Crippen LogP contribution < -0.4 is 0 Å². The number of rotatable bonds is 2. The summed E-state index contributed by atoms with van der Waals surface area (Å²) in [5, 5.41) is 0. The fraction of sp³-hybridized carbons (Fsp3) is 0.462. The van der Waals surface area contributed by atoms with Crippen molar-refractivity contribution in [1.82, 2.24) is 4.90 Å². The van der Waals surface area contributed by atoms with Crippen molar-refractivity contribution in [3.63, 3.8) is 0 Å². The van der Waals surface area contributed by atoms with Gasteiger partial charge >= 0.3 is 0 Å². The number of benzene rings is 1. The number of likely N-dealkylation sites (tertiary alicyclic amines) is 1. The Morgan fingerprint density at radius 1 is 1.19 bits per heavy atom. The summed E-state index contributed by atoms with van der Waals surface area (Å²) in [7, 11) is 1.14. The summed E-state index contributed by atoms with van der Waals surface area (Å²) >= 11 is 3.06. The lowest BCUT2D eigenvalue weighted by Crippen LogP contribution is -2.32. The molecule has 0 unspecified atom stereocenters. The molecule has 1 aromatic rings. The highest BCUT2D eigenvalue weighted by Crippen LogP contribution is 2.31. The van der Waals surface area contributed by atoms with Gasteiger partial charge in [0.1, 0.15) is 10.7 Å². The summed E-state index contributed by atoms with van der Waals surface area (Å²) < 4.78 is 36.6. The van der Waals surface area contributed by atoms with Crippen LogP contribution in [0.15, 0.2) is 21.5 Å². The van der Waals surface area contributed by atoms with E-state index in [4.69, 9.17) is 10.7 Å². The first-order valence-corrected chi connectivity index (χ1v) is 9.64. The van der Waals surface area contributed by atoms with Gasteiger partial charge in [-0.25, -0.2) is 12.8 Å². The van der Waals surface area contributed by atoms with Crippen molar-refractivity contribution < 1.29 is 17.6 Å². The summed E-state index contributed by atoms with van der Waals surface area (Å²) in [5.74, 6) is -1.19. The molecule has 0 N–H and O–H groups in total. The van der Waals surface area contributed by atoms with Crippen molar-refractivity contribution in [3.8, 4) is 0 Å². The molecule has 0 atom stereocenters. The van der Waals surface area contributed by atoms with E-state index in [9.17, 15) is 17.6 Å². The topological polar surface area (TPSA) is 54.5 Å². The molecule has 1 aromatic carbocycles. The molecule has 0 aromatic heterocycles. The zero-order valence-corrected chi connectivity index (χ0v) is 14.3. The lowest BCUT2D eigenvalue weighted by molar-refractivity contribution is 0.0760. The molecule has 0 bridgehead atoms. The lowest BCUT2D eigenvalue weighted by atomic mass is 10.2. The normalized spacial score (nSPS) is 16.6. The molecule has 4 nitrogen and oxygen atoms in total. The molecule has 116 valence electrons. The van der Waals surface area contributed by atoms with Gasteiger partial charge in [0, 0.05) is 23.8 Å². The van der Waals surface area contributed by atoms with E-state index in [-0.39, 0.29) is 15.9 Å². The molecule has 8 heteroatoms. The van der Waals surface area contributed by atoms with Crippen molar-refractivity contribution in [2.24, 2.45) is 0 Å². The molecule has 1 aliphatic heterocycles. The lowest BCUT2D eigenvalue weighted by Gasteiger charge is -2.21. The maximum absolute atomic E-state index is 13.6. The first kappa shape index (κ1) is 16.7. The first-order valence-electron chi connectivity index (χ1n) is 6.53. The molecule has 0 saturated carbocycles. The van der Waals surface area contributed by atoms with E-state index < -0.39 is 19.8 Å². The van der Waals surface area contributed by atoms with Crippen LogP contribution in [0.4, 0.5) is 4.39 Å². The van der Waals surface area contributed by atoms with Crippen LogP contribution in [0, 0.1) is 5.82 Å². The van der Waals surface area contributed by atoms with Gasteiger partial charge < -0.3 is 4.90 Å². The Balaban J connectivity index is 2.43. The van der Waals surface area contributed by atoms with Gasteiger partial charge in [-0.3, -0.25) is 4.79 Å². The van der Waals surface area contributed by atoms with E-state index >= 15 is 0 Å². The summed E-state index contributed by atoms with van der Waals surface area (Å²) in [5.41, 5.74) is -0.0175. The van der Waals surface area contributed by atoms with Crippen molar-refractivity contribution in [2.75, 3.05) is 13.1 Å². The number of carbonyl (C=O) groups is 1. The predicted octanol–water partition coefficient (Wildman–Crippen LogP) is 3.53. The van der Waals surface area contributed by atoms with E-state index in [0.29, 0.717) is 13.1 Å². The standard InChI is InChI=1S/C13H14BrClFNO3S/c14-12-10(7-9(16)8-11(12)21(15,19)20)13(18)17-5-3-1-2-4-6-17/h7-8H,1-6H2. The average Bonchev–Trinajstić information content (AvgIpc) is 2.68. The van der Waals surface area contributed by atoms with Gasteiger partial charge in [-0.15, -0.1) is 0 Å². The molecule has 1 saturated heterocycles. The molecule has 1 fully saturated rings. The largest absolute Gasteiger partial charge is 0.339 e. The molecule has 21 heavy (non-hydrogen) atoms. The van der Waals surface area contributed by atoms with Crippen LogP contribution in [0.5, 0.6) is 0 Å². The summed E-state index contributed by atoms with van der Waals surface area (Å²) in [6.45, 7) is 1.18. The van der Waals surface area contributed by atoms with E-state index in [1.165, 1.54) is 0 Å². The maximum Gasteiger partial charge on any atom is 0.262 e. The Bertz CT molecular complexity index is 658. The summed E-state index contributed by atoms with van der Waals surface area (Å²) in [6, 6.07) is 1.83.